The first kappa shape index (κ1) is 33.0. The molecule has 0 amide bonds. The minimum Gasteiger partial charge on any atom is -0.359 e. The summed E-state index contributed by atoms with van der Waals surface area (Å²) in [6, 6.07) is 7.84. The zero-order valence-electron chi connectivity index (χ0n) is 28.2. The van der Waals surface area contributed by atoms with Crippen molar-refractivity contribution in [2.75, 3.05) is 0 Å². The summed E-state index contributed by atoms with van der Waals surface area (Å²) in [5, 5.41) is 0. The lowest BCUT2D eigenvalue weighted by atomic mass is 10.3. The Morgan fingerprint density at radius 1 is 0.600 bits per heavy atom. The van der Waals surface area contributed by atoms with Crippen LogP contribution in [-0.4, -0.2) is 74.3 Å². The van der Waals surface area contributed by atoms with Crippen LogP contribution in [0.3, 0.4) is 0 Å². The van der Waals surface area contributed by atoms with Crippen LogP contribution in [0.5, 0.6) is 0 Å². The average molecular weight is 666 g/mol. The van der Waals surface area contributed by atoms with Gasteiger partial charge >= 0.3 is 0 Å². The normalized spacial score (nSPS) is 10.5. The molecule has 0 aliphatic rings. The Morgan fingerprint density at radius 2 is 1.32 bits per heavy atom. The first-order valence-corrected chi connectivity index (χ1v) is 15.6. The van der Waals surface area contributed by atoms with Gasteiger partial charge in [0.25, 0.3) is 0 Å². The van der Waals surface area contributed by atoms with Crippen LogP contribution in [0.1, 0.15) is 22.8 Å². The molecule has 15 heteroatoms. The molecule has 10 aromatic heterocycles. The molecule has 0 saturated carbocycles. The van der Waals surface area contributed by atoms with Gasteiger partial charge in [-0.2, -0.15) is 0 Å². The van der Waals surface area contributed by atoms with Gasteiger partial charge in [0.15, 0.2) is 0 Å². The fourth-order valence-corrected chi connectivity index (χ4v) is 4.94. The lowest BCUT2D eigenvalue weighted by Gasteiger charge is -1.90. The van der Waals surface area contributed by atoms with Gasteiger partial charge in [0.05, 0.1) is 85.6 Å². The third-order valence-corrected chi connectivity index (χ3v) is 7.47. The molecule has 0 unspecified atom stereocenters. The van der Waals surface area contributed by atoms with E-state index in [1.54, 1.807) is 43.9 Å². The molecule has 10 rings (SSSR count). The second kappa shape index (κ2) is 15.3. The van der Waals surface area contributed by atoms with E-state index < -0.39 is 0 Å². The molecule has 50 heavy (non-hydrogen) atoms. The van der Waals surface area contributed by atoms with Crippen LogP contribution in [0, 0.1) is 27.7 Å². The van der Waals surface area contributed by atoms with Crippen LogP contribution < -0.4 is 0 Å². The summed E-state index contributed by atoms with van der Waals surface area (Å²) in [5.74, 6) is 0.812. The van der Waals surface area contributed by atoms with Crippen LogP contribution in [0.4, 0.5) is 0 Å². The maximum Gasteiger partial charge on any atom is 0.126 e. The molecule has 0 aromatic carbocycles. The Balaban J connectivity index is 0.000000108. The molecule has 10 heterocycles. The molecule has 15 nitrogen and oxygen atoms in total. The van der Waals surface area contributed by atoms with E-state index in [1.165, 1.54) is 0 Å². The number of hydrogen-bond donors (Lipinski definition) is 4. The topological polar surface area (TPSA) is 197 Å². The van der Waals surface area contributed by atoms with Crippen LogP contribution in [0.25, 0.3) is 55.2 Å². The summed E-state index contributed by atoms with van der Waals surface area (Å²) in [7, 11) is 1.98. The number of fused-ring (bicyclic) bond motifs is 5. The van der Waals surface area contributed by atoms with Crippen molar-refractivity contribution < 1.29 is 0 Å². The Bertz CT molecular complexity index is 2460. The summed E-state index contributed by atoms with van der Waals surface area (Å²) in [6.07, 6.45) is 21.0. The number of rotatable bonds is 0. The molecule has 250 valence electrons. The van der Waals surface area contributed by atoms with Gasteiger partial charge in [0.1, 0.15) is 31.1 Å². The molecule has 0 spiro atoms. The molecule has 0 bridgehead atoms. The average Bonchev–Trinajstić information content (AvgIpc) is 3.98. The fourth-order valence-electron chi connectivity index (χ4n) is 4.94. The van der Waals surface area contributed by atoms with E-state index >= 15 is 0 Å². The van der Waals surface area contributed by atoms with Crippen molar-refractivity contribution in [3.8, 4) is 0 Å². The summed E-state index contributed by atoms with van der Waals surface area (Å²) >= 11 is 0. The molecule has 0 atom stereocenters. The van der Waals surface area contributed by atoms with E-state index in [-0.39, 0.29) is 0 Å². The van der Waals surface area contributed by atoms with Gasteiger partial charge in [0.2, 0.25) is 0 Å². The summed E-state index contributed by atoms with van der Waals surface area (Å²) in [4.78, 5) is 52.5. The number of H-pyrrole nitrogens is 4. The Kier molecular flexibility index (Phi) is 10.1. The van der Waals surface area contributed by atoms with Gasteiger partial charge in [-0.3, -0.25) is 0 Å². The lowest BCUT2D eigenvalue weighted by molar-refractivity contribution is 0.962. The molecule has 0 aliphatic carbocycles. The van der Waals surface area contributed by atoms with Gasteiger partial charge in [-0.15, -0.1) is 0 Å². The number of aromatic nitrogens is 15. The highest BCUT2D eigenvalue weighted by Gasteiger charge is 1.99. The van der Waals surface area contributed by atoms with E-state index in [0.717, 1.165) is 77.9 Å². The Hall–Kier alpha value is -6.90. The smallest absolute Gasteiger partial charge is 0.126 e. The van der Waals surface area contributed by atoms with Crippen molar-refractivity contribution in [2.45, 2.75) is 27.7 Å². The lowest BCUT2D eigenvalue weighted by Crippen LogP contribution is -1.84. The first-order chi connectivity index (χ1) is 24.4. The summed E-state index contributed by atoms with van der Waals surface area (Å²) in [5.41, 5.74) is 13.3. The molecule has 4 N–H and O–H groups in total. The van der Waals surface area contributed by atoms with Crippen molar-refractivity contribution >= 4 is 55.2 Å². The third-order valence-electron chi connectivity index (χ3n) is 7.47. The number of nitrogens with one attached hydrogen (secondary N) is 4. The molecular formula is C35H35N15. The van der Waals surface area contributed by atoms with Gasteiger partial charge < -0.3 is 24.5 Å². The number of aryl methyl sites for hydroxylation is 5. The van der Waals surface area contributed by atoms with E-state index in [1.807, 2.05) is 94.6 Å². The van der Waals surface area contributed by atoms with Crippen LogP contribution in [0.2, 0.25) is 0 Å². The number of nitrogens with zero attached hydrogens (tertiary/aromatic N) is 11. The zero-order valence-corrected chi connectivity index (χ0v) is 28.2. The van der Waals surface area contributed by atoms with E-state index in [2.05, 4.69) is 69.8 Å². The van der Waals surface area contributed by atoms with Gasteiger partial charge in [-0.1, -0.05) is 0 Å². The maximum atomic E-state index is 4.19. The molecule has 0 radical (unpaired) electrons. The van der Waals surface area contributed by atoms with Crippen molar-refractivity contribution in [1.82, 2.24) is 74.3 Å². The van der Waals surface area contributed by atoms with E-state index in [0.29, 0.717) is 0 Å². The molecule has 0 fully saturated rings. The largest absolute Gasteiger partial charge is 0.359 e. The van der Waals surface area contributed by atoms with Gasteiger partial charge in [-0.05, 0) is 57.5 Å². The van der Waals surface area contributed by atoms with Gasteiger partial charge in [0, 0.05) is 37.5 Å². The predicted octanol–water partition coefficient (Wildman–Crippen LogP) is 6.03. The van der Waals surface area contributed by atoms with Crippen molar-refractivity contribution in [3.63, 3.8) is 0 Å². The Labute approximate surface area is 285 Å². The SMILES string of the molecule is Cc1c[nH]c2cncnc12.Cc1cc2ncncc2[nH]1.Cc1ncc2[nH]ccc2n1.Cc1ncnc2cc[nH]c12.Cn1ccc2ncncc21. The van der Waals surface area contributed by atoms with E-state index in [4.69, 9.17) is 0 Å². The highest BCUT2D eigenvalue weighted by atomic mass is 15.0. The first-order valence-electron chi connectivity index (χ1n) is 15.6. The standard InChI is InChI=1S/5C7H7N3/c1-5-2-9-6-3-8-4-10-7(5)6;1-5-2-6-7(10-5)3-8-4-9-6;1-10-3-2-6-7(10)4-8-5-9-6;1-5-7-6(2-3-8-7)10-4-9-5;1-5-9-4-7-6(10-5)2-3-8-7/h2-4,9H,1H3;2-4,10H,1H3;2-5H,1H3;2*2-4,8H,1H3. The highest BCUT2D eigenvalue weighted by molar-refractivity contribution is 5.78. The number of aromatic amines is 4. The summed E-state index contributed by atoms with van der Waals surface area (Å²) in [6.45, 7) is 7.86. The van der Waals surface area contributed by atoms with Crippen LogP contribution >= 0.6 is 0 Å². The maximum absolute atomic E-state index is 4.19. The molecule has 0 saturated heterocycles. The number of hydrogen-bond acceptors (Lipinski definition) is 10. The minimum atomic E-state index is 0.812. The molecule has 10 aromatic rings. The third kappa shape index (κ3) is 7.96. The summed E-state index contributed by atoms with van der Waals surface area (Å²) < 4.78 is 2.00. The second-order valence-corrected chi connectivity index (χ2v) is 11.1. The van der Waals surface area contributed by atoms with Crippen molar-refractivity contribution in [1.29, 1.82) is 0 Å². The van der Waals surface area contributed by atoms with Crippen LogP contribution in [-0.2, 0) is 7.05 Å². The predicted molar refractivity (Wildman–Crippen MR) is 193 cm³/mol. The highest BCUT2D eigenvalue weighted by Crippen LogP contribution is 2.12. The van der Waals surface area contributed by atoms with Gasteiger partial charge in [-0.25, -0.2) is 49.8 Å². The fraction of sp³-hybridized carbons (Fsp3) is 0.143. The quantitative estimate of drug-likeness (QED) is 0.148. The second-order valence-electron chi connectivity index (χ2n) is 11.1. The minimum absolute atomic E-state index is 0.812. The van der Waals surface area contributed by atoms with Crippen LogP contribution in [0.15, 0.2) is 99.1 Å². The monoisotopic (exact) mass is 665 g/mol. The Morgan fingerprint density at radius 3 is 2.10 bits per heavy atom. The zero-order chi connectivity index (χ0) is 34.9. The van der Waals surface area contributed by atoms with E-state index in [9.17, 15) is 0 Å². The molecule has 0 aliphatic heterocycles. The van der Waals surface area contributed by atoms with Crippen molar-refractivity contribution in [2.24, 2.45) is 7.05 Å². The van der Waals surface area contributed by atoms with Crippen molar-refractivity contribution in [3.05, 3.63) is 122 Å². The molecular weight excluding hydrogens is 630 g/mol.